The number of rotatable bonds is 12. The maximum Gasteiger partial charge on any atom is 0.264 e. The highest BCUT2D eigenvalue weighted by Gasteiger charge is 2.34. The zero-order chi connectivity index (χ0) is 29.4. The third kappa shape index (κ3) is 7.55. The van der Waals surface area contributed by atoms with E-state index in [9.17, 15) is 18.0 Å². The van der Waals surface area contributed by atoms with Gasteiger partial charge in [-0.15, -0.1) is 0 Å². The normalized spacial score (nSPS) is 12.8. The topological polar surface area (TPSA) is 96.0 Å². The molecule has 1 N–H and O–H groups in total. The molecule has 0 aliphatic carbocycles. The molecule has 40 heavy (non-hydrogen) atoms. The van der Waals surface area contributed by atoms with E-state index in [-0.39, 0.29) is 39.8 Å². The van der Waals surface area contributed by atoms with Crippen LogP contribution in [0.5, 0.6) is 5.75 Å². The molecule has 0 fully saturated rings. The second-order valence-electron chi connectivity index (χ2n) is 9.64. The van der Waals surface area contributed by atoms with E-state index in [1.807, 2.05) is 51.1 Å². The van der Waals surface area contributed by atoms with Crippen LogP contribution in [0.2, 0.25) is 5.02 Å². The molecule has 2 atom stereocenters. The van der Waals surface area contributed by atoms with Crippen LogP contribution in [0.3, 0.4) is 0 Å². The van der Waals surface area contributed by atoms with Crippen LogP contribution in [0.4, 0.5) is 5.69 Å². The van der Waals surface area contributed by atoms with Crippen LogP contribution in [-0.4, -0.2) is 50.9 Å². The minimum atomic E-state index is -4.24. The number of ether oxygens (including phenoxy) is 1. The molecule has 0 bridgehead atoms. The van der Waals surface area contributed by atoms with Gasteiger partial charge in [-0.05, 0) is 63.1 Å². The monoisotopic (exact) mass is 585 g/mol. The predicted molar refractivity (Wildman–Crippen MR) is 158 cm³/mol. The van der Waals surface area contributed by atoms with Crippen LogP contribution in [0.15, 0.2) is 77.7 Å². The Morgan fingerprint density at radius 2 is 1.65 bits per heavy atom. The zero-order valence-electron chi connectivity index (χ0n) is 23.4. The number of methoxy groups -OCH3 is 1. The van der Waals surface area contributed by atoms with Crippen molar-refractivity contribution < 1.29 is 22.7 Å². The Kier molecular flexibility index (Phi) is 10.6. The van der Waals surface area contributed by atoms with Crippen molar-refractivity contribution in [3.8, 4) is 5.75 Å². The number of nitrogens with one attached hydrogen (secondary N) is 1. The summed E-state index contributed by atoms with van der Waals surface area (Å²) >= 11 is 6.27. The average Bonchev–Trinajstić information content (AvgIpc) is 2.94. The molecule has 0 heterocycles. The van der Waals surface area contributed by atoms with Gasteiger partial charge in [-0.3, -0.25) is 13.9 Å². The molecule has 0 radical (unpaired) electrons. The van der Waals surface area contributed by atoms with E-state index in [0.29, 0.717) is 0 Å². The highest BCUT2D eigenvalue weighted by atomic mass is 35.5. The lowest BCUT2D eigenvalue weighted by Gasteiger charge is -2.32. The molecule has 0 saturated carbocycles. The molecule has 0 aliphatic heterocycles. The van der Waals surface area contributed by atoms with Crippen LogP contribution >= 0.6 is 11.6 Å². The largest absolute Gasteiger partial charge is 0.495 e. The lowest BCUT2D eigenvalue weighted by molar-refractivity contribution is -0.139. The lowest BCUT2D eigenvalue weighted by Crippen LogP contribution is -2.52. The number of carbonyl (C=O) groups excluding carboxylic acids is 2. The summed E-state index contributed by atoms with van der Waals surface area (Å²) in [7, 11) is -2.83. The SMILES string of the molecule is CCC(C)NC(=O)C(C)N(Cc1ccccc1)C(=O)CN(c1cc(Cl)ccc1OC)S(=O)(=O)c1ccc(C)cc1. The molecular formula is C30H36ClN3O5S. The maximum atomic E-state index is 14.0. The van der Waals surface area contributed by atoms with E-state index in [4.69, 9.17) is 16.3 Å². The van der Waals surface area contributed by atoms with Crippen molar-refractivity contribution in [1.29, 1.82) is 0 Å². The quantitative estimate of drug-likeness (QED) is 0.316. The smallest absolute Gasteiger partial charge is 0.264 e. The molecule has 10 heteroatoms. The molecule has 0 aliphatic rings. The summed E-state index contributed by atoms with van der Waals surface area (Å²) in [6, 6.07) is 19.2. The van der Waals surface area contributed by atoms with Crippen molar-refractivity contribution in [2.24, 2.45) is 0 Å². The molecule has 0 saturated heterocycles. The Morgan fingerprint density at radius 1 is 1.00 bits per heavy atom. The van der Waals surface area contributed by atoms with Gasteiger partial charge in [0, 0.05) is 17.6 Å². The standard InChI is InChI=1S/C30H36ClN3O5S/c1-6-22(3)32-30(36)23(4)33(19-24-10-8-7-9-11-24)29(35)20-34(27-18-25(31)14-17-28(27)39-5)40(37,38)26-15-12-21(2)13-16-26/h7-18,22-23H,6,19-20H2,1-5H3,(H,32,36). The van der Waals surface area contributed by atoms with E-state index in [1.54, 1.807) is 31.2 Å². The minimum absolute atomic E-state index is 0.00472. The first-order valence-electron chi connectivity index (χ1n) is 13.0. The van der Waals surface area contributed by atoms with Gasteiger partial charge < -0.3 is 15.0 Å². The summed E-state index contributed by atoms with van der Waals surface area (Å²) in [4.78, 5) is 28.5. The number of amides is 2. The van der Waals surface area contributed by atoms with Crippen molar-refractivity contribution in [3.05, 3.63) is 88.9 Å². The van der Waals surface area contributed by atoms with E-state index in [1.165, 1.54) is 30.2 Å². The Morgan fingerprint density at radius 3 is 2.25 bits per heavy atom. The van der Waals surface area contributed by atoms with E-state index < -0.39 is 28.5 Å². The van der Waals surface area contributed by atoms with E-state index in [0.717, 1.165) is 21.9 Å². The second-order valence-corrected chi connectivity index (χ2v) is 11.9. The summed E-state index contributed by atoms with van der Waals surface area (Å²) in [6.45, 7) is 6.85. The molecule has 0 aromatic heterocycles. The Balaban J connectivity index is 2.08. The number of benzene rings is 3. The number of nitrogens with zero attached hydrogens (tertiary/aromatic N) is 2. The first-order chi connectivity index (χ1) is 19.0. The first kappa shape index (κ1) is 31.0. The first-order valence-corrected chi connectivity index (χ1v) is 14.9. The van der Waals surface area contributed by atoms with Gasteiger partial charge in [0.15, 0.2) is 0 Å². The lowest BCUT2D eigenvalue weighted by atomic mass is 10.1. The molecule has 214 valence electrons. The highest BCUT2D eigenvalue weighted by Crippen LogP contribution is 2.35. The number of hydrogen-bond donors (Lipinski definition) is 1. The van der Waals surface area contributed by atoms with Crippen molar-refractivity contribution in [1.82, 2.24) is 10.2 Å². The fourth-order valence-electron chi connectivity index (χ4n) is 4.04. The predicted octanol–water partition coefficient (Wildman–Crippen LogP) is 5.18. The van der Waals surface area contributed by atoms with Gasteiger partial charge in [-0.25, -0.2) is 8.42 Å². The summed E-state index contributed by atoms with van der Waals surface area (Å²) in [5, 5.41) is 3.19. The third-order valence-corrected chi connectivity index (χ3v) is 8.67. The van der Waals surface area contributed by atoms with Gasteiger partial charge in [0.05, 0.1) is 17.7 Å². The fraction of sp³-hybridized carbons (Fsp3) is 0.333. The number of sulfonamides is 1. The number of anilines is 1. The van der Waals surface area contributed by atoms with Crippen LogP contribution in [0.1, 0.15) is 38.3 Å². The second kappa shape index (κ2) is 13.7. The molecule has 8 nitrogen and oxygen atoms in total. The van der Waals surface area contributed by atoms with Crippen molar-refractivity contribution in [2.45, 2.75) is 57.6 Å². The minimum Gasteiger partial charge on any atom is -0.495 e. The summed E-state index contributed by atoms with van der Waals surface area (Å²) < 4.78 is 34.5. The van der Waals surface area contributed by atoms with Crippen LogP contribution in [-0.2, 0) is 26.2 Å². The highest BCUT2D eigenvalue weighted by molar-refractivity contribution is 7.92. The third-order valence-electron chi connectivity index (χ3n) is 6.66. The van der Waals surface area contributed by atoms with Crippen molar-refractivity contribution in [2.75, 3.05) is 18.0 Å². The maximum absolute atomic E-state index is 14.0. The number of aryl methyl sites for hydroxylation is 1. The van der Waals surface area contributed by atoms with Crippen LogP contribution in [0.25, 0.3) is 0 Å². The number of carbonyl (C=O) groups is 2. The molecular weight excluding hydrogens is 550 g/mol. The van der Waals surface area contributed by atoms with Crippen molar-refractivity contribution in [3.63, 3.8) is 0 Å². The Labute approximate surface area is 241 Å². The summed E-state index contributed by atoms with van der Waals surface area (Å²) in [6.07, 6.45) is 0.724. The van der Waals surface area contributed by atoms with Gasteiger partial charge in [-0.2, -0.15) is 0 Å². The molecule has 2 amide bonds. The van der Waals surface area contributed by atoms with Gasteiger partial charge in [-0.1, -0.05) is 66.6 Å². The molecule has 2 unspecified atom stereocenters. The number of halogens is 1. The molecule has 3 aromatic carbocycles. The van der Waals surface area contributed by atoms with E-state index in [2.05, 4.69) is 5.32 Å². The van der Waals surface area contributed by atoms with Gasteiger partial charge in [0.2, 0.25) is 11.8 Å². The van der Waals surface area contributed by atoms with Gasteiger partial charge >= 0.3 is 0 Å². The fourth-order valence-corrected chi connectivity index (χ4v) is 5.62. The average molecular weight is 586 g/mol. The van der Waals surface area contributed by atoms with Crippen molar-refractivity contribution >= 4 is 39.1 Å². The molecule has 3 rings (SSSR count). The van der Waals surface area contributed by atoms with E-state index >= 15 is 0 Å². The molecule has 0 spiro atoms. The number of hydrogen-bond acceptors (Lipinski definition) is 5. The van der Waals surface area contributed by atoms with Gasteiger partial charge in [0.1, 0.15) is 18.3 Å². The van der Waals surface area contributed by atoms with Crippen LogP contribution < -0.4 is 14.4 Å². The van der Waals surface area contributed by atoms with Gasteiger partial charge in [0.25, 0.3) is 10.0 Å². The Bertz CT molecular complexity index is 1420. The van der Waals surface area contributed by atoms with Crippen LogP contribution in [0, 0.1) is 6.92 Å². The molecule has 3 aromatic rings. The zero-order valence-corrected chi connectivity index (χ0v) is 25.0. The summed E-state index contributed by atoms with van der Waals surface area (Å²) in [5.74, 6) is -0.662. The summed E-state index contributed by atoms with van der Waals surface area (Å²) in [5.41, 5.74) is 1.80. The Hall–Kier alpha value is -3.56.